The first kappa shape index (κ1) is 14.7. The van der Waals surface area contributed by atoms with E-state index in [9.17, 15) is 4.39 Å². The van der Waals surface area contributed by atoms with Gasteiger partial charge in [-0.2, -0.15) is 0 Å². The Labute approximate surface area is 101 Å². The molecule has 0 heterocycles. The van der Waals surface area contributed by atoms with Crippen molar-refractivity contribution in [3.63, 3.8) is 0 Å². The second-order valence-electron chi connectivity index (χ2n) is 4.52. The van der Waals surface area contributed by atoms with Gasteiger partial charge in [0, 0.05) is 6.04 Å². The van der Waals surface area contributed by atoms with Gasteiger partial charge in [-0.1, -0.05) is 38.4 Å². The molecule has 0 saturated carbocycles. The van der Waals surface area contributed by atoms with Crippen LogP contribution in [0.3, 0.4) is 0 Å². The first-order chi connectivity index (χ1) is 6.32. The van der Waals surface area contributed by atoms with Crippen molar-refractivity contribution in [2.24, 2.45) is 11.1 Å². The zero-order chi connectivity index (χ0) is 10.9. The Morgan fingerprint density at radius 3 is 2.27 bits per heavy atom. The van der Waals surface area contributed by atoms with Crippen molar-refractivity contribution in [2.45, 2.75) is 26.8 Å². The molecule has 0 amide bonds. The van der Waals surface area contributed by atoms with Crippen LogP contribution >= 0.6 is 24.0 Å². The van der Waals surface area contributed by atoms with Gasteiger partial charge in [-0.25, -0.2) is 4.39 Å². The van der Waals surface area contributed by atoms with Gasteiger partial charge in [0.05, 0.1) is 5.02 Å². The molecule has 1 nitrogen and oxygen atoms in total. The number of hydrogen-bond acceptors (Lipinski definition) is 1. The standard InChI is InChI=1S/C11H15ClFN.ClH/c1-11(2,3)10(14)7-4-5-9(13)8(12)6-7;/h4-6,10H,14H2,1-3H3;1H/t10-;/m0./s1. The normalized spacial score (nSPS) is 13.2. The average Bonchev–Trinajstić information content (AvgIpc) is 2.07. The lowest BCUT2D eigenvalue weighted by molar-refractivity contribution is 0.327. The summed E-state index contributed by atoms with van der Waals surface area (Å²) in [5, 5.41) is 0.127. The summed E-state index contributed by atoms with van der Waals surface area (Å²) < 4.78 is 12.9. The molecule has 4 heteroatoms. The maximum atomic E-state index is 12.9. The van der Waals surface area contributed by atoms with Gasteiger partial charge in [-0.3, -0.25) is 0 Å². The molecule has 0 aromatic heterocycles. The Morgan fingerprint density at radius 1 is 1.33 bits per heavy atom. The molecule has 86 valence electrons. The summed E-state index contributed by atoms with van der Waals surface area (Å²) in [6, 6.07) is 4.48. The van der Waals surface area contributed by atoms with Crippen LogP contribution in [0, 0.1) is 11.2 Å². The third-order valence-electron chi connectivity index (χ3n) is 2.24. The second-order valence-corrected chi connectivity index (χ2v) is 4.92. The number of benzene rings is 1. The molecule has 1 rings (SSSR count). The Hall–Kier alpha value is -0.310. The lowest BCUT2D eigenvalue weighted by Gasteiger charge is -2.27. The van der Waals surface area contributed by atoms with Crippen LogP contribution in [0.2, 0.25) is 5.02 Å². The van der Waals surface area contributed by atoms with Crippen LogP contribution in [0.25, 0.3) is 0 Å². The minimum Gasteiger partial charge on any atom is -0.324 e. The fraction of sp³-hybridized carbons (Fsp3) is 0.455. The molecular formula is C11H16Cl2FN. The SMILES string of the molecule is CC(C)(C)[C@@H](N)c1ccc(F)c(Cl)c1.Cl. The van der Waals surface area contributed by atoms with Crippen LogP contribution in [0.15, 0.2) is 18.2 Å². The minimum atomic E-state index is -0.406. The lowest BCUT2D eigenvalue weighted by Crippen LogP contribution is -2.26. The first-order valence-electron chi connectivity index (χ1n) is 4.53. The predicted octanol–water partition coefficient (Wildman–Crippen LogP) is 3.95. The van der Waals surface area contributed by atoms with Crippen molar-refractivity contribution in [1.29, 1.82) is 0 Å². The smallest absolute Gasteiger partial charge is 0.141 e. The zero-order valence-electron chi connectivity index (χ0n) is 9.05. The highest BCUT2D eigenvalue weighted by atomic mass is 35.5. The zero-order valence-corrected chi connectivity index (χ0v) is 10.6. The van der Waals surface area contributed by atoms with Gasteiger partial charge in [-0.15, -0.1) is 12.4 Å². The van der Waals surface area contributed by atoms with E-state index in [1.807, 2.05) is 20.8 Å². The molecular weight excluding hydrogens is 236 g/mol. The summed E-state index contributed by atoms with van der Waals surface area (Å²) in [7, 11) is 0. The van der Waals surface area contributed by atoms with Gasteiger partial charge in [0.15, 0.2) is 0 Å². The van der Waals surface area contributed by atoms with Gasteiger partial charge >= 0.3 is 0 Å². The Balaban J connectivity index is 0.00000196. The quantitative estimate of drug-likeness (QED) is 0.804. The van der Waals surface area contributed by atoms with Crippen molar-refractivity contribution in [3.8, 4) is 0 Å². The molecule has 1 aromatic carbocycles. The maximum Gasteiger partial charge on any atom is 0.141 e. The van der Waals surface area contributed by atoms with E-state index >= 15 is 0 Å². The lowest BCUT2D eigenvalue weighted by atomic mass is 9.83. The van der Waals surface area contributed by atoms with Crippen molar-refractivity contribution in [1.82, 2.24) is 0 Å². The number of nitrogens with two attached hydrogens (primary N) is 1. The van der Waals surface area contributed by atoms with Crippen LogP contribution in [0.5, 0.6) is 0 Å². The molecule has 0 unspecified atom stereocenters. The summed E-state index contributed by atoms with van der Waals surface area (Å²) in [5.74, 6) is -0.406. The Kier molecular flexibility index (Phi) is 5.04. The molecule has 1 aromatic rings. The molecule has 0 spiro atoms. The van der Waals surface area contributed by atoms with Crippen molar-refractivity contribution >= 4 is 24.0 Å². The van der Waals surface area contributed by atoms with Crippen LogP contribution in [0.4, 0.5) is 4.39 Å². The van der Waals surface area contributed by atoms with Gasteiger partial charge in [0.25, 0.3) is 0 Å². The van der Waals surface area contributed by atoms with Gasteiger partial charge < -0.3 is 5.73 Å². The van der Waals surface area contributed by atoms with E-state index < -0.39 is 5.82 Å². The molecule has 0 aliphatic carbocycles. The van der Waals surface area contributed by atoms with Crippen molar-refractivity contribution in [2.75, 3.05) is 0 Å². The van der Waals surface area contributed by atoms with Gasteiger partial charge in [0.2, 0.25) is 0 Å². The minimum absolute atomic E-state index is 0. The summed E-state index contributed by atoms with van der Waals surface area (Å²) >= 11 is 5.68. The average molecular weight is 252 g/mol. The van der Waals surface area contributed by atoms with E-state index in [1.165, 1.54) is 6.07 Å². The molecule has 0 bridgehead atoms. The monoisotopic (exact) mass is 251 g/mol. The van der Waals surface area contributed by atoms with E-state index in [2.05, 4.69) is 0 Å². The first-order valence-corrected chi connectivity index (χ1v) is 4.90. The van der Waals surface area contributed by atoms with E-state index in [1.54, 1.807) is 12.1 Å². The summed E-state index contributed by atoms with van der Waals surface area (Å²) in [6.07, 6.45) is 0. The molecule has 1 atom stereocenters. The van der Waals surface area contributed by atoms with Crippen LogP contribution < -0.4 is 5.73 Å². The number of halogens is 3. The third-order valence-corrected chi connectivity index (χ3v) is 2.53. The molecule has 0 aliphatic heterocycles. The van der Waals surface area contributed by atoms with Crippen LogP contribution in [-0.2, 0) is 0 Å². The van der Waals surface area contributed by atoms with E-state index in [0.717, 1.165) is 5.56 Å². The van der Waals surface area contributed by atoms with E-state index in [0.29, 0.717) is 0 Å². The summed E-state index contributed by atoms with van der Waals surface area (Å²) in [4.78, 5) is 0. The molecule has 0 saturated heterocycles. The number of rotatable bonds is 1. The van der Waals surface area contributed by atoms with Crippen molar-refractivity contribution < 1.29 is 4.39 Å². The third kappa shape index (κ3) is 3.63. The fourth-order valence-corrected chi connectivity index (χ4v) is 1.39. The maximum absolute atomic E-state index is 12.9. The molecule has 0 radical (unpaired) electrons. The summed E-state index contributed by atoms with van der Waals surface area (Å²) in [5.41, 5.74) is 6.82. The predicted molar refractivity (Wildman–Crippen MR) is 65.0 cm³/mol. The second kappa shape index (κ2) is 5.15. The molecule has 0 aliphatic rings. The topological polar surface area (TPSA) is 26.0 Å². The highest BCUT2D eigenvalue weighted by molar-refractivity contribution is 6.30. The molecule has 2 N–H and O–H groups in total. The summed E-state index contributed by atoms with van der Waals surface area (Å²) in [6.45, 7) is 6.11. The van der Waals surface area contributed by atoms with E-state index in [4.69, 9.17) is 17.3 Å². The Bertz CT molecular complexity index is 334. The van der Waals surface area contributed by atoms with Crippen LogP contribution in [-0.4, -0.2) is 0 Å². The molecule has 15 heavy (non-hydrogen) atoms. The Morgan fingerprint density at radius 2 is 1.87 bits per heavy atom. The van der Waals surface area contributed by atoms with Gasteiger partial charge in [-0.05, 0) is 23.1 Å². The van der Waals surface area contributed by atoms with E-state index in [-0.39, 0.29) is 28.9 Å². The van der Waals surface area contributed by atoms with Gasteiger partial charge in [0.1, 0.15) is 5.82 Å². The number of hydrogen-bond donors (Lipinski definition) is 1. The van der Waals surface area contributed by atoms with Crippen molar-refractivity contribution in [3.05, 3.63) is 34.6 Å². The van der Waals surface area contributed by atoms with Crippen LogP contribution in [0.1, 0.15) is 32.4 Å². The molecule has 0 fully saturated rings. The fourth-order valence-electron chi connectivity index (χ4n) is 1.21. The highest BCUT2D eigenvalue weighted by Crippen LogP contribution is 2.31. The largest absolute Gasteiger partial charge is 0.324 e. The highest BCUT2D eigenvalue weighted by Gasteiger charge is 2.22.